The summed E-state index contributed by atoms with van der Waals surface area (Å²) in [5, 5.41) is 24.3. The molecule has 1 heterocycles. The van der Waals surface area contributed by atoms with Crippen LogP contribution in [0.15, 0.2) is 54.7 Å². The van der Waals surface area contributed by atoms with Crippen molar-refractivity contribution in [1.29, 1.82) is 0 Å². The average Bonchev–Trinajstić information content (AvgIpc) is 3.46. The smallest absolute Gasteiger partial charge is 0.407 e. The minimum absolute atomic E-state index is 0.0602. The highest BCUT2D eigenvalue weighted by Gasteiger charge is 2.30. The fourth-order valence-electron chi connectivity index (χ4n) is 4.10. The molecule has 1 atom stereocenters. The minimum atomic E-state index is -1.06. The molecule has 4 N–H and O–H groups in total. The van der Waals surface area contributed by atoms with Gasteiger partial charge in [0.05, 0.1) is 11.9 Å². The van der Waals surface area contributed by atoms with Crippen LogP contribution < -0.4 is 10.6 Å². The maximum Gasteiger partial charge on any atom is 0.407 e. The van der Waals surface area contributed by atoms with E-state index in [2.05, 4.69) is 26.0 Å². The maximum atomic E-state index is 12.6. The first-order chi connectivity index (χ1) is 16.5. The average molecular weight is 463 g/mol. The molecule has 0 saturated heterocycles. The van der Waals surface area contributed by atoms with E-state index < -0.39 is 24.0 Å². The number of aromatic amines is 1. The van der Waals surface area contributed by atoms with Crippen LogP contribution in [0.2, 0.25) is 0 Å². The first-order valence-electron chi connectivity index (χ1n) is 11.0. The van der Waals surface area contributed by atoms with Crippen molar-refractivity contribution >= 4 is 18.0 Å². The van der Waals surface area contributed by atoms with Gasteiger partial charge in [-0.1, -0.05) is 48.5 Å². The van der Waals surface area contributed by atoms with Crippen molar-refractivity contribution in [1.82, 2.24) is 26.0 Å². The highest BCUT2D eigenvalue weighted by atomic mass is 16.5. The van der Waals surface area contributed by atoms with Gasteiger partial charge in [-0.15, -0.1) is 0 Å². The number of hydrogen-bond donors (Lipinski definition) is 4. The van der Waals surface area contributed by atoms with E-state index >= 15 is 0 Å². The van der Waals surface area contributed by atoms with Gasteiger partial charge in [0.15, 0.2) is 0 Å². The molecule has 0 radical (unpaired) electrons. The number of rotatable bonds is 10. The van der Waals surface area contributed by atoms with Gasteiger partial charge in [0, 0.05) is 25.3 Å². The van der Waals surface area contributed by atoms with Crippen molar-refractivity contribution in [3.8, 4) is 11.1 Å². The lowest BCUT2D eigenvalue weighted by molar-refractivity contribution is -0.137. The minimum Gasteiger partial charge on any atom is -0.481 e. The van der Waals surface area contributed by atoms with Crippen LogP contribution >= 0.6 is 0 Å². The Morgan fingerprint density at radius 1 is 1.06 bits per heavy atom. The number of hydrogen-bond acceptors (Lipinski definition) is 6. The lowest BCUT2D eigenvalue weighted by Gasteiger charge is -2.19. The Balaban J connectivity index is 1.36. The van der Waals surface area contributed by atoms with Crippen molar-refractivity contribution < 1.29 is 24.2 Å². The van der Waals surface area contributed by atoms with Gasteiger partial charge in [-0.25, -0.2) is 4.79 Å². The van der Waals surface area contributed by atoms with Crippen LogP contribution in [-0.4, -0.2) is 57.7 Å². The quantitative estimate of drug-likeness (QED) is 0.361. The van der Waals surface area contributed by atoms with Crippen molar-refractivity contribution in [2.75, 3.05) is 13.2 Å². The number of alkyl carbamates (subject to hydrolysis) is 1. The summed E-state index contributed by atoms with van der Waals surface area (Å²) in [7, 11) is 0. The van der Waals surface area contributed by atoms with Gasteiger partial charge < -0.3 is 20.5 Å². The lowest BCUT2D eigenvalue weighted by Crippen LogP contribution is -2.47. The molecule has 0 bridgehead atoms. The van der Waals surface area contributed by atoms with Gasteiger partial charge in [0.1, 0.15) is 12.6 Å². The SMILES string of the molecule is O=C(O)CCC(NC(=O)OCC1c2ccccc2-c2ccccc21)C(=O)NCCc1cn[nH]n1. The second-order valence-corrected chi connectivity index (χ2v) is 7.96. The second kappa shape index (κ2) is 10.6. The summed E-state index contributed by atoms with van der Waals surface area (Å²) >= 11 is 0. The third kappa shape index (κ3) is 5.40. The Hall–Kier alpha value is -4.21. The number of carbonyl (C=O) groups excluding carboxylic acids is 2. The van der Waals surface area contributed by atoms with Crippen molar-refractivity contribution in [2.24, 2.45) is 0 Å². The number of nitrogens with one attached hydrogen (secondary N) is 3. The second-order valence-electron chi connectivity index (χ2n) is 7.96. The van der Waals surface area contributed by atoms with E-state index in [0.717, 1.165) is 22.3 Å². The molecule has 10 heteroatoms. The van der Waals surface area contributed by atoms with E-state index in [4.69, 9.17) is 9.84 Å². The number of aromatic nitrogens is 3. The molecule has 34 heavy (non-hydrogen) atoms. The van der Waals surface area contributed by atoms with E-state index in [1.807, 2.05) is 48.5 Å². The fraction of sp³-hybridized carbons (Fsp3) is 0.292. The molecule has 1 aliphatic rings. The first-order valence-corrected chi connectivity index (χ1v) is 11.0. The molecular weight excluding hydrogens is 438 g/mol. The lowest BCUT2D eigenvalue weighted by atomic mass is 9.98. The molecule has 10 nitrogen and oxygen atoms in total. The van der Waals surface area contributed by atoms with E-state index in [9.17, 15) is 14.4 Å². The van der Waals surface area contributed by atoms with Crippen LogP contribution in [0.1, 0.15) is 35.6 Å². The monoisotopic (exact) mass is 463 g/mol. The molecule has 2 amide bonds. The van der Waals surface area contributed by atoms with Crippen LogP contribution in [0.25, 0.3) is 11.1 Å². The number of ether oxygens (including phenoxy) is 1. The molecule has 4 rings (SSSR count). The molecule has 1 aliphatic carbocycles. The molecule has 176 valence electrons. The first kappa shape index (κ1) is 23.0. The number of benzene rings is 2. The molecule has 1 unspecified atom stereocenters. The third-order valence-electron chi connectivity index (χ3n) is 5.74. The van der Waals surface area contributed by atoms with Crippen LogP contribution in [0, 0.1) is 0 Å². The zero-order valence-corrected chi connectivity index (χ0v) is 18.4. The molecule has 0 aliphatic heterocycles. The number of H-pyrrole nitrogens is 1. The summed E-state index contributed by atoms with van der Waals surface area (Å²) in [6.45, 7) is 0.362. The Labute approximate surface area is 195 Å². The standard InChI is InChI=1S/C24H25N5O5/c30-22(31)10-9-21(23(32)25-12-11-15-13-26-29-28-15)27-24(33)34-14-20-18-7-3-1-5-16(18)17-6-2-4-8-19(17)20/h1-8,13,20-21H,9-12,14H2,(H,25,32)(H,27,33)(H,30,31)(H,26,28,29). The van der Waals surface area contributed by atoms with Crippen molar-refractivity contribution in [3.05, 3.63) is 71.5 Å². The van der Waals surface area contributed by atoms with Crippen molar-refractivity contribution in [2.45, 2.75) is 31.2 Å². The van der Waals surface area contributed by atoms with E-state index in [1.165, 1.54) is 0 Å². The molecule has 0 fully saturated rings. The van der Waals surface area contributed by atoms with Gasteiger partial charge in [-0.05, 0) is 28.7 Å². The summed E-state index contributed by atoms with van der Waals surface area (Å²) in [6, 6.07) is 14.9. The molecule has 0 spiro atoms. The van der Waals surface area contributed by atoms with Crippen LogP contribution in [0.4, 0.5) is 4.79 Å². The molecular formula is C24H25N5O5. The van der Waals surface area contributed by atoms with Gasteiger partial charge in [-0.2, -0.15) is 15.4 Å². The Bertz CT molecular complexity index is 1120. The van der Waals surface area contributed by atoms with Gasteiger partial charge in [0.2, 0.25) is 5.91 Å². The van der Waals surface area contributed by atoms with Crippen LogP contribution in [-0.2, 0) is 20.7 Å². The number of aliphatic carboxylic acids is 1. The van der Waals surface area contributed by atoms with Crippen LogP contribution in [0.3, 0.4) is 0 Å². The number of carboxylic acid groups (broad SMARTS) is 1. The number of nitrogens with zero attached hydrogens (tertiary/aromatic N) is 2. The number of carbonyl (C=O) groups is 3. The van der Waals surface area contributed by atoms with Gasteiger partial charge >= 0.3 is 12.1 Å². The number of carboxylic acids is 1. The van der Waals surface area contributed by atoms with Crippen LogP contribution in [0.5, 0.6) is 0 Å². The van der Waals surface area contributed by atoms with Gasteiger partial charge in [0.25, 0.3) is 0 Å². The summed E-state index contributed by atoms with van der Waals surface area (Å²) in [6.07, 6.45) is 0.881. The topological polar surface area (TPSA) is 146 Å². The molecule has 2 aromatic carbocycles. The predicted molar refractivity (Wildman–Crippen MR) is 122 cm³/mol. The maximum absolute atomic E-state index is 12.6. The summed E-state index contributed by atoms with van der Waals surface area (Å²) in [5.41, 5.74) is 5.04. The fourth-order valence-corrected chi connectivity index (χ4v) is 4.10. The molecule has 3 aromatic rings. The third-order valence-corrected chi connectivity index (χ3v) is 5.74. The number of fused-ring (bicyclic) bond motifs is 3. The summed E-state index contributed by atoms with van der Waals surface area (Å²) < 4.78 is 5.49. The summed E-state index contributed by atoms with van der Waals surface area (Å²) in [4.78, 5) is 36.2. The largest absolute Gasteiger partial charge is 0.481 e. The van der Waals surface area contributed by atoms with Crippen molar-refractivity contribution in [3.63, 3.8) is 0 Å². The zero-order valence-electron chi connectivity index (χ0n) is 18.4. The molecule has 1 aromatic heterocycles. The zero-order chi connectivity index (χ0) is 23.9. The Morgan fingerprint density at radius 3 is 2.35 bits per heavy atom. The predicted octanol–water partition coefficient (Wildman–Crippen LogP) is 2.24. The molecule has 0 saturated carbocycles. The highest BCUT2D eigenvalue weighted by molar-refractivity contribution is 5.86. The van der Waals surface area contributed by atoms with E-state index in [0.29, 0.717) is 12.1 Å². The van der Waals surface area contributed by atoms with E-state index in [-0.39, 0.29) is 31.9 Å². The number of amides is 2. The summed E-state index contributed by atoms with van der Waals surface area (Å²) in [5.74, 6) is -1.67. The van der Waals surface area contributed by atoms with E-state index in [1.54, 1.807) is 6.20 Å². The Kier molecular flexibility index (Phi) is 7.16. The highest BCUT2D eigenvalue weighted by Crippen LogP contribution is 2.44. The normalized spacial score (nSPS) is 12.9. The van der Waals surface area contributed by atoms with Gasteiger partial charge in [-0.3, -0.25) is 9.59 Å². The Morgan fingerprint density at radius 2 is 1.74 bits per heavy atom.